The number of H-pyrrole nitrogens is 1. The third-order valence-electron chi connectivity index (χ3n) is 3.50. The van der Waals surface area contributed by atoms with Gasteiger partial charge in [0.2, 0.25) is 0 Å². The monoisotopic (exact) mass is 255 g/mol. The molecule has 1 aliphatic carbocycles. The molecule has 17 heavy (non-hydrogen) atoms. The van der Waals surface area contributed by atoms with Crippen molar-refractivity contribution in [2.24, 2.45) is 11.8 Å². The van der Waals surface area contributed by atoms with Gasteiger partial charge in [-0.15, -0.1) is 11.6 Å². The van der Waals surface area contributed by atoms with Crippen molar-refractivity contribution in [3.05, 3.63) is 22.7 Å². The summed E-state index contributed by atoms with van der Waals surface area (Å²) in [5, 5.41) is 3.13. The molecule has 0 amide bonds. The van der Waals surface area contributed by atoms with E-state index in [2.05, 4.69) is 15.3 Å². The molecular formula is C12H18ClN3O. The van der Waals surface area contributed by atoms with Crippen LogP contribution in [0.25, 0.3) is 0 Å². The van der Waals surface area contributed by atoms with Gasteiger partial charge in [-0.3, -0.25) is 4.79 Å². The molecule has 0 aliphatic heterocycles. The van der Waals surface area contributed by atoms with Crippen molar-refractivity contribution >= 4 is 17.4 Å². The summed E-state index contributed by atoms with van der Waals surface area (Å²) in [6.45, 7) is 0.789. The van der Waals surface area contributed by atoms with Crippen molar-refractivity contribution in [3.8, 4) is 0 Å². The second kappa shape index (κ2) is 6.05. The second-order valence-corrected chi connectivity index (χ2v) is 4.92. The first-order valence-electron chi connectivity index (χ1n) is 6.15. The lowest BCUT2D eigenvalue weighted by Crippen LogP contribution is -2.29. The molecular weight excluding hydrogens is 238 g/mol. The fraction of sp³-hybridized carbons (Fsp3) is 0.667. The second-order valence-electron chi connectivity index (χ2n) is 4.61. The number of aromatic nitrogens is 2. The van der Waals surface area contributed by atoms with E-state index < -0.39 is 0 Å². The summed E-state index contributed by atoms with van der Waals surface area (Å²) in [7, 11) is 0. The van der Waals surface area contributed by atoms with Crippen molar-refractivity contribution in [3.63, 3.8) is 0 Å². The van der Waals surface area contributed by atoms with Crippen molar-refractivity contribution in [2.75, 3.05) is 17.7 Å². The Morgan fingerprint density at radius 1 is 1.41 bits per heavy atom. The molecule has 2 N–H and O–H groups in total. The third-order valence-corrected chi connectivity index (χ3v) is 3.90. The van der Waals surface area contributed by atoms with Crippen molar-refractivity contribution < 1.29 is 0 Å². The summed E-state index contributed by atoms with van der Waals surface area (Å²) >= 11 is 5.98. The third kappa shape index (κ3) is 3.22. The number of aromatic amines is 1. The zero-order valence-corrected chi connectivity index (χ0v) is 10.5. The van der Waals surface area contributed by atoms with Gasteiger partial charge >= 0.3 is 0 Å². The Kier molecular flexibility index (Phi) is 4.42. The quantitative estimate of drug-likeness (QED) is 0.812. The minimum Gasteiger partial charge on any atom is -0.365 e. The normalized spacial score (nSPS) is 24.5. The summed E-state index contributed by atoms with van der Waals surface area (Å²) < 4.78 is 0. The molecule has 0 radical (unpaired) electrons. The van der Waals surface area contributed by atoms with Crippen LogP contribution in [0.2, 0.25) is 0 Å². The molecule has 1 saturated carbocycles. The first-order chi connectivity index (χ1) is 8.31. The minimum absolute atomic E-state index is 0.161. The predicted molar refractivity (Wildman–Crippen MR) is 69.5 cm³/mol. The highest BCUT2D eigenvalue weighted by Crippen LogP contribution is 2.30. The van der Waals surface area contributed by atoms with Crippen LogP contribution in [0.3, 0.4) is 0 Å². The summed E-state index contributed by atoms with van der Waals surface area (Å²) in [5.74, 6) is 2.25. The molecule has 1 aromatic heterocycles. The molecule has 1 heterocycles. The zero-order chi connectivity index (χ0) is 12.1. The average molecular weight is 256 g/mol. The van der Waals surface area contributed by atoms with E-state index >= 15 is 0 Å². The van der Waals surface area contributed by atoms with E-state index in [0.717, 1.165) is 6.54 Å². The minimum atomic E-state index is -0.161. The standard InChI is InChI=1S/C12H18ClN3O/c13-7-9-3-1-2-4-10(9)8-16-11-12(17)15-6-5-14-11/h5-6,9-10H,1-4,7-8H2,(H,14,16)(H,15,17). The number of anilines is 1. The topological polar surface area (TPSA) is 57.8 Å². The van der Waals surface area contributed by atoms with E-state index in [-0.39, 0.29) is 5.56 Å². The van der Waals surface area contributed by atoms with Gasteiger partial charge in [-0.2, -0.15) is 0 Å². The van der Waals surface area contributed by atoms with E-state index in [4.69, 9.17) is 11.6 Å². The van der Waals surface area contributed by atoms with Gasteiger partial charge in [-0.1, -0.05) is 12.8 Å². The van der Waals surface area contributed by atoms with Crippen LogP contribution in [-0.2, 0) is 0 Å². The maximum absolute atomic E-state index is 11.4. The van der Waals surface area contributed by atoms with Gasteiger partial charge in [-0.05, 0) is 24.7 Å². The molecule has 0 bridgehead atoms. The number of halogens is 1. The Labute approximate surface area is 106 Å². The van der Waals surface area contributed by atoms with Gasteiger partial charge in [0.15, 0.2) is 5.82 Å². The van der Waals surface area contributed by atoms with E-state index in [1.807, 2.05) is 0 Å². The number of hydrogen-bond donors (Lipinski definition) is 2. The Bertz CT molecular complexity index is 407. The van der Waals surface area contributed by atoms with Gasteiger partial charge in [0.25, 0.3) is 5.56 Å². The summed E-state index contributed by atoms with van der Waals surface area (Å²) in [6, 6.07) is 0. The van der Waals surface area contributed by atoms with E-state index in [0.29, 0.717) is 23.5 Å². The van der Waals surface area contributed by atoms with Gasteiger partial charge in [0.05, 0.1) is 0 Å². The first kappa shape index (κ1) is 12.4. The Hall–Kier alpha value is -1.03. The van der Waals surface area contributed by atoms with Crippen LogP contribution in [0.1, 0.15) is 25.7 Å². The Balaban J connectivity index is 1.93. The van der Waals surface area contributed by atoms with Gasteiger partial charge in [-0.25, -0.2) is 4.98 Å². The molecule has 94 valence electrons. The summed E-state index contributed by atoms with van der Waals surface area (Å²) in [5.41, 5.74) is -0.161. The highest BCUT2D eigenvalue weighted by atomic mass is 35.5. The maximum Gasteiger partial charge on any atom is 0.290 e. The molecule has 0 aromatic carbocycles. The first-order valence-corrected chi connectivity index (χ1v) is 6.68. The summed E-state index contributed by atoms with van der Waals surface area (Å²) in [4.78, 5) is 18.1. The lowest BCUT2D eigenvalue weighted by atomic mass is 9.80. The molecule has 4 nitrogen and oxygen atoms in total. The molecule has 1 aliphatic rings. The Morgan fingerprint density at radius 3 is 2.88 bits per heavy atom. The van der Waals surface area contributed by atoms with Crippen LogP contribution in [0, 0.1) is 11.8 Å². The average Bonchev–Trinajstić information content (AvgIpc) is 2.38. The zero-order valence-electron chi connectivity index (χ0n) is 9.79. The van der Waals surface area contributed by atoms with Crippen LogP contribution < -0.4 is 10.9 Å². The van der Waals surface area contributed by atoms with Crippen LogP contribution in [-0.4, -0.2) is 22.4 Å². The van der Waals surface area contributed by atoms with E-state index in [1.54, 1.807) is 6.20 Å². The Morgan fingerprint density at radius 2 is 2.18 bits per heavy atom. The number of nitrogens with one attached hydrogen (secondary N) is 2. The maximum atomic E-state index is 11.4. The molecule has 1 aromatic rings. The van der Waals surface area contributed by atoms with Crippen LogP contribution >= 0.6 is 11.6 Å². The van der Waals surface area contributed by atoms with Crippen molar-refractivity contribution in [1.29, 1.82) is 0 Å². The number of nitrogens with zero attached hydrogens (tertiary/aromatic N) is 1. The largest absolute Gasteiger partial charge is 0.365 e. The van der Waals surface area contributed by atoms with Crippen LogP contribution in [0.4, 0.5) is 5.82 Å². The van der Waals surface area contributed by atoms with Crippen molar-refractivity contribution in [2.45, 2.75) is 25.7 Å². The predicted octanol–water partition coefficient (Wildman–Crippen LogP) is 2.23. The highest BCUT2D eigenvalue weighted by Gasteiger charge is 2.24. The smallest absolute Gasteiger partial charge is 0.290 e. The molecule has 2 unspecified atom stereocenters. The van der Waals surface area contributed by atoms with Gasteiger partial charge in [0, 0.05) is 24.8 Å². The fourth-order valence-corrected chi connectivity index (χ4v) is 2.87. The van der Waals surface area contributed by atoms with Crippen LogP contribution in [0.15, 0.2) is 17.2 Å². The molecule has 2 rings (SSSR count). The summed E-state index contributed by atoms with van der Waals surface area (Å²) in [6.07, 6.45) is 8.05. The molecule has 0 saturated heterocycles. The highest BCUT2D eigenvalue weighted by molar-refractivity contribution is 6.18. The number of hydrogen-bond acceptors (Lipinski definition) is 3. The van der Waals surface area contributed by atoms with E-state index in [1.165, 1.54) is 31.9 Å². The molecule has 2 atom stereocenters. The lowest BCUT2D eigenvalue weighted by molar-refractivity contribution is 0.272. The van der Waals surface area contributed by atoms with E-state index in [9.17, 15) is 4.79 Å². The SMILES string of the molecule is O=c1[nH]ccnc1NCC1CCCCC1CCl. The molecule has 0 spiro atoms. The fourth-order valence-electron chi connectivity index (χ4n) is 2.46. The molecule has 1 fully saturated rings. The van der Waals surface area contributed by atoms with Gasteiger partial charge in [0.1, 0.15) is 0 Å². The van der Waals surface area contributed by atoms with Crippen molar-refractivity contribution in [1.82, 2.24) is 9.97 Å². The van der Waals surface area contributed by atoms with Crippen LogP contribution in [0.5, 0.6) is 0 Å². The molecule has 5 heteroatoms. The lowest BCUT2D eigenvalue weighted by Gasteiger charge is -2.30. The van der Waals surface area contributed by atoms with Gasteiger partial charge < -0.3 is 10.3 Å². The number of rotatable bonds is 4. The number of alkyl halides is 1.